The van der Waals surface area contributed by atoms with Gasteiger partial charge in [0, 0.05) is 37.8 Å². The number of rotatable bonds is 5. The highest BCUT2D eigenvalue weighted by atomic mass is 16.2. The summed E-state index contributed by atoms with van der Waals surface area (Å²) in [7, 11) is 1.86. The van der Waals surface area contributed by atoms with Crippen LogP contribution >= 0.6 is 0 Å². The third kappa shape index (κ3) is 7.57. The Labute approximate surface area is 141 Å². The van der Waals surface area contributed by atoms with Crippen LogP contribution in [0.5, 0.6) is 0 Å². The number of nitrogens with zero attached hydrogens (tertiary/aromatic N) is 2. The summed E-state index contributed by atoms with van der Waals surface area (Å²) in [5.41, 5.74) is 0. The van der Waals surface area contributed by atoms with Gasteiger partial charge in [-0.1, -0.05) is 0 Å². The van der Waals surface area contributed by atoms with Crippen molar-refractivity contribution in [3.8, 4) is 0 Å². The Balaban J connectivity index is 0.000000231. The quantitative estimate of drug-likeness (QED) is 0.816. The maximum atomic E-state index is 11.5. The minimum atomic E-state index is 0.0579. The predicted molar refractivity (Wildman–Crippen MR) is 93.5 cm³/mol. The fraction of sp³-hybridized carbons (Fsp3) is 0.882. The summed E-state index contributed by atoms with van der Waals surface area (Å²) in [4.78, 5) is 26.4. The molecule has 0 radical (unpaired) electrons. The van der Waals surface area contributed by atoms with E-state index in [0.29, 0.717) is 12.1 Å². The standard InChI is InChI=1S/C9H18N2O.C8H16N2O/c1-4-11(8-5-6-8)9(12)10-7(2)3;1-6(2)9-8(11)10(3)7-4-5-7/h7-8H,4-6H2,1-3H3,(H,10,12);6-7H,4-5H2,1-3H3,(H,9,11). The molecule has 0 bridgehead atoms. The van der Waals surface area contributed by atoms with Gasteiger partial charge in [-0.25, -0.2) is 9.59 Å². The molecule has 2 aliphatic rings. The van der Waals surface area contributed by atoms with Crippen molar-refractivity contribution in [3.05, 3.63) is 0 Å². The van der Waals surface area contributed by atoms with E-state index in [2.05, 4.69) is 10.6 Å². The molecular formula is C17H34N4O2. The predicted octanol–water partition coefficient (Wildman–Crippen LogP) is 2.79. The summed E-state index contributed by atoms with van der Waals surface area (Å²) in [5.74, 6) is 0. The Bertz CT molecular complexity index is 390. The molecule has 2 saturated carbocycles. The van der Waals surface area contributed by atoms with Crippen LogP contribution in [0.3, 0.4) is 0 Å². The number of carbonyl (C=O) groups excluding carboxylic acids is 2. The molecule has 0 atom stereocenters. The summed E-state index contributed by atoms with van der Waals surface area (Å²) in [6.45, 7) is 10.8. The largest absolute Gasteiger partial charge is 0.336 e. The summed E-state index contributed by atoms with van der Waals surface area (Å²) in [6.07, 6.45) is 4.70. The van der Waals surface area contributed by atoms with Crippen molar-refractivity contribution in [2.24, 2.45) is 0 Å². The van der Waals surface area contributed by atoms with E-state index in [1.54, 1.807) is 4.90 Å². The Kier molecular flexibility index (Phi) is 7.65. The zero-order valence-corrected chi connectivity index (χ0v) is 15.6. The Morgan fingerprint density at radius 2 is 1.35 bits per heavy atom. The van der Waals surface area contributed by atoms with Crippen LogP contribution < -0.4 is 10.6 Å². The van der Waals surface area contributed by atoms with Gasteiger partial charge in [-0.3, -0.25) is 0 Å². The SMILES string of the molecule is CC(C)NC(=O)N(C)C1CC1.CCN(C(=O)NC(C)C)C1CC1. The first-order valence-electron chi connectivity index (χ1n) is 8.86. The summed E-state index contributed by atoms with van der Waals surface area (Å²) in [5, 5.41) is 5.75. The van der Waals surface area contributed by atoms with E-state index in [-0.39, 0.29) is 24.1 Å². The molecule has 4 amide bonds. The van der Waals surface area contributed by atoms with Gasteiger partial charge in [0.05, 0.1) is 0 Å². The van der Waals surface area contributed by atoms with Gasteiger partial charge in [0.1, 0.15) is 0 Å². The van der Waals surface area contributed by atoms with Crippen molar-refractivity contribution in [1.82, 2.24) is 20.4 Å². The van der Waals surface area contributed by atoms with E-state index in [0.717, 1.165) is 6.54 Å². The topological polar surface area (TPSA) is 64.7 Å². The number of amides is 4. The second kappa shape index (κ2) is 8.99. The molecule has 0 aromatic carbocycles. The molecule has 0 unspecified atom stereocenters. The lowest BCUT2D eigenvalue weighted by molar-refractivity contribution is 0.195. The van der Waals surface area contributed by atoms with Gasteiger partial charge < -0.3 is 20.4 Å². The molecule has 6 nitrogen and oxygen atoms in total. The van der Waals surface area contributed by atoms with Crippen molar-refractivity contribution >= 4 is 12.1 Å². The number of carbonyl (C=O) groups is 2. The van der Waals surface area contributed by atoms with Gasteiger partial charge >= 0.3 is 12.1 Å². The fourth-order valence-corrected chi connectivity index (χ4v) is 2.26. The molecule has 0 saturated heterocycles. The molecule has 23 heavy (non-hydrogen) atoms. The summed E-state index contributed by atoms with van der Waals surface area (Å²) in [6, 6.07) is 1.66. The molecular weight excluding hydrogens is 292 g/mol. The second-order valence-electron chi connectivity index (χ2n) is 7.07. The first-order valence-corrected chi connectivity index (χ1v) is 8.86. The average Bonchev–Trinajstić information content (AvgIpc) is 3.30. The second-order valence-corrected chi connectivity index (χ2v) is 7.07. The van der Waals surface area contributed by atoms with Gasteiger partial charge in [0.2, 0.25) is 0 Å². The van der Waals surface area contributed by atoms with Crippen LogP contribution in [0.2, 0.25) is 0 Å². The summed E-state index contributed by atoms with van der Waals surface area (Å²) >= 11 is 0. The van der Waals surface area contributed by atoms with Crippen LogP contribution in [0.15, 0.2) is 0 Å². The highest BCUT2D eigenvalue weighted by Gasteiger charge is 2.31. The van der Waals surface area contributed by atoms with Crippen LogP contribution in [-0.2, 0) is 0 Å². The molecule has 134 valence electrons. The van der Waals surface area contributed by atoms with Crippen molar-refractivity contribution in [3.63, 3.8) is 0 Å². The highest BCUT2D eigenvalue weighted by molar-refractivity contribution is 5.75. The van der Waals surface area contributed by atoms with Crippen LogP contribution in [0.25, 0.3) is 0 Å². The number of nitrogens with one attached hydrogen (secondary N) is 2. The van der Waals surface area contributed by atoms with E-state index in [4.69, 9.17) is 0 Å². The fourth-order valence-electron chi connectivity index (χ4n) is 2.26. The van der Waals surface area contributed by atoms with Gasteiger partial charge in [0.25, 0.3) is 0 Å². The Morgan fingerprint density at radius 1 is 0.913 bits per heavy atom. The third-order valence-corrected chi connectivity index (χ3v) is 3.83. The lowest BCUT2D eigenvalue weighted by atomic mass is 10.4. The molecule has 2 N–H and O–H groups in total. The Hall–Kier alpha value is -1.46. The van der Waals surface area contributed by atoms with E-state index < -0.39 is 0 Å². The molecule has 0 heterocycles. The van der Waals surface area contributed by atoms with Gasteiger partial charge in [-0.05, 0) is 60.3 Å². The highest BCUT2D eigenvalue weighted by Crippen LogP contribution is 2.26. The molecule has 2 fully saturated rings. The molecule has 0 aromatic rings. The van der Waals surface area contributed by atoms with E-state index in [1.165, 1.54) is 25.7 Å². The smallest absolute Gasteiger partial charge is 0.317 e. The van der Waals surface area contributed by atoms with Crippen LogP contribution in [0, 0.1) is 0 Å². The zero-order chi connectivity index (χ0) is 17.6. The first kappa shape index (κ1) is 19.6. The van der Waals surface area contributed by atoms with Crippen LogP contribution in [0.4, 0.5) is 9.59 Å². The molecule has 2 aliphatic carbocycles. The van der Waals surface area contributed by atoms with Crippen molar-refractivity contribution in [1.29, 1.82) is 0 Å². The number of hydrogen-bond donors (Lipinski definition) is 2. The number of hydrogen-bond acceptors (Lipinski definition) is 2. The Morgan fingerprint density at radius 3 is 1.70 bits per heavy atom. The van der Waals surface area contributed by atoms with E-state index in [9.17, 15) is 9.59 Å². The minimum Gasteiger partial charge on any atom is -0.336 e. The van der Waals surface area contributed by atoms with Crippen LogP contribution in [-0.4, -0.2) is 59.6 Å². The lowest BCUT2D eigenvalue weighted by Gasteiger charge is -2.22. The summed E-state index contributed by atoms with van der Waals surface area (Å²) < 4.78 is 0. The molecule has 0 aromatic heterocycles. The molecule has 0 aliphatic heterocycles. The van der Waals surface area contributed by atoms with Crippen molar-refractivity contribution < 1.29 is 9.59 Å². The first-order chi connectivity index (χ1) is 10.8. The molecule has 0 spiro atoms. The maximum Gasteiger partial charge on any atom is 0.317 e. The zero-order valence-electron chi connectivity index (χ0n) is 15.6. The van der Waals surface area contributed by atoms with Crippen LogP contribution in [0.1, 0.15) is 60.3 Å². The van der Waals surface area contributed by atoms with Gasteiger partial charge in [-0.15, -0.1) is 0 Å². The maximum absolute atomic E-state index is 11.5. The number of urea groups is 2. The van der Waals surface area contributed by atoms with Crippen molar-refractivity contribution in [2.75, 3.05) is 13.6 Å². The van der Waals surface area contributed by atoms with E-state index >= 15 is 0 Å². The molecule has 6 heteroatoms. The molecule has 2 rings (SSSR count). The average molecular weight is 326 g/mol. The monoisotopic (exact) mass is 326 g/mol. The normalized spacial score (nSPS) is 16.5. The van der Waals surface area contributed by atoms with Crippen molar-refractivity contribution in [2.45, 2.75) is 84.5 Å². The van der Waals surface area contributed by atoms with Gasteiger partial charge in [-0.2, -0.15) is 0 Å². The lowest BCUT2D eigenvalue weighted by Crippen LogP contribution is -2.43. The minimum absolute atomic E-state index is 0.0579. The third-order valence-electron chi connectivity index (χ3n) is 3.83. The van der Waals surface area contributed by atoms with Gasteiger partial charge in [0.15, 0.2) is 0 Å². The van der Waals surface area contributed by atoms with E-state index in [1.807, 2.05) is 46.6 Å².